The third-order valence-corrected chi connectivity index (χ3v) is 4.26. The predicted molar refractivity (Wildman–Crippen MR) is 78.9 cm³/mol. The largest absolute Gasteiger partial charge is 0.398 e. The Balaban J connectivity index is 1.88. The number of benzene rings is 1. The normalized spacial score (nSPS) is 23.1. The topological polar surface area (TPSA) is 75.4 Å². The molecule has 2 unspecified atom stereocenters. The molecule has 1 aliphatic rings. The van der Waals surface area contributed by atoms with Gasteiger partial charge in [-0.25, -0.2) is 0 Å². The van der Waals surface area contributed by atoms with E-state index in [-0.39, 0.29) is 12.0 Å². The number of aliphatic hydroxyl groups excluding tert-OH is 1. The molecule has 0 heterocycles. The highest BCUT2D eigenvalue weighted by molar-refractivity contribution is 9.10. The first-order chi connectivity index (χ1) is 9.06. The van der Waals surface area contributed by atoms with E-state index in [0.29, 0.717) is 23.7 Å². The lowest BCUT2D eigenvalue weighted by molar-refractivity contribution is 0.0874. The second kappa shape index (κ2) is 6.39. The first-order valence-corrected chi connectivity index (χ1v) is 7.37. The summed E-state index contributed by atoms with van der Waals surface area (Å²) in [4.78, 5) is 12.0. The van der Waals surface area contributed by atoms with Crippen LogP contribution in [-0.2, 0) is 0 Å². The van der Waals surface area contributed by atoms with Crippen LogP contribution in [0, 0.1) is 5.92 Å². The maximum atomic E-state index is 12.0. The van der Waals surface area contributed by atoms with E-state index in [0.717, 1.165) is 30.2 Å². The van der Waals surface area contributed by atoms with Gasteiger partial charge in [-0.15, -0.1) is 0 Å². The van der Waals surface area contributed by atoms with Crippen LogP contribution in [0.1, 0.15) is 36.0 Å². The van der Waals surface area contributed by atoms with Gasteiger partial charge in [0.2, 0.25) is 0 Å². The third-order valence-electron chi connectivity index (χ3n) is 3.57. The zero-order valence-electron chi connectivity index (χ0n) is 10.7. The number of amides is 1. The molecule has 1 fully saturated rings. The van der Waals surface area contributed by atoms with Crippen LogP contribution in [0.2, 0.25) is 0 Å². The van der Waals surface area contributed by atoms with Crippen molar-refractivity contribution < 1.29 is 9.90 Å². The van der Waals surface area contributed by atoms with E-state index in [2.05, 4.69) is 21.2 Å². The molecule has 4 N–H and O–H groups in total. The van der Waals surface area contributed by atoms with E-state index in [4.69, 9.17) is 5.73 Å². The van der Waals surface area contributed by atoms with Crippen molar-refractivity contribution in [2.24, 2.45) is 5.92 Å². The maximum Gasteiger partial charge on any atom is 0.251 e. The fraction of sp³-hybridized carbons (Fsp3) is 0.500. The fourth-order valence-electron chi connectivity index (χ4n) is 2.46. The number of halogens is 1. The Bertz CT molecular complexity index is 465. The molecule has 5 heteroatoms. The van der Waals surface area contributed by atoms with Crippen molar-refractivity contribution in [2.75, 3.05) is 12.3 Å². The molecule has 0 bridgehead atoms. The van der Waals surface area contributed by atoms with Gasteiger partial charge in [0.15, 0.2) is 0 Å². The van der Waals surface area contributed by atoms with Gasteiger partial charge in [-0.3, -0.25) is 4.79 Å². The molecule has 2 rings (SSSR count). The fourth-order valence-corrected chi connectivity index (χ4v) is 2.83. The molecule has 0 aliphatic heterocycles. The van der Waals surface area contributed by atoms with Gasteiger partial charge in [0.25, 0.3) is 5.91 Å². The van der Waals surface area contributed by atoms with Crippen LogP contribution in [-0.4, -0.2) is 23.7 Å². The summed E-state index contributed by atoms with van der Waals surface area (Å²) in [5.41, 5.74) is 6.90. The number of nitrogens with two attached hydrogens (primary N) is 1. The lowest BCUT2D eigenvalue weighted by Gasteiger charge is -2.25. The smallest absolute Gasteiger partial charge is 0.251 e. The van der Waals surface area contributed by atoms with Crippen LogP contribution in [0.4, 0.5) is 5.69 Å². The Morgan fingerprint density at radius 2 is 2.26 bits per heavy atom. The van der Waals surface area contributed by atoms with E-state index >= 15 is 0 Å². The van der Waals surface area contributed by atoms with Gasteiger partial charge in [0.05, 0.1) is 6.10 Å². The summed E-state index contributed by atoms with van der Waals surface area (Å²) >= 11 is 3.31. The third kappa shape index (κ3) is 3.94. The Kier molecular flexibility index (Phi) is 4.82. The van der Waals surface area contributed by atoms with Gasteiger partial charge in [-0.2, -0.15) is 0 Å². The number of hydrogen-bond acceptors (Lipinski definition) is 3. The first-order valence-electron chi connectivity index (χ1n) is 6.57. The summed E-state index contributed by atoms with van der Waals surface area (Å²) in [6, 6.07) is 5.15. The number of hydrogen-bond donors (Lipinski definition) is 3. The van der Waals surface area contributed by atoms with Gasteiger partial charge < -0.3 is 16.2 Å². The summed E-state index contributed by atoms with van der Waals surface area (Å²) in [7, 11) is 0. The van der Waals surface area contributed by atoms with Crippen molar-refractivity contribution in [3.05, 3.63) is 28.2 Å². The molecule has 4 nitrogen and oxygen atoms in total. The standard InChI is InChI=1S/C14H19BrN2O2/c15-12-7-10(4-5-13(12)16)14(19)17-8-9-2-1-3-11(18)6-9/h4-5,7,9,11,18H,1-3,6,8,16H2,(H,17,19). The maximum absolute atomic E-state index is 12.0. The monoisotopic (exact) mass is 326 g/mol. The SMILES string of the molecule is Nc1ccc(C(=O)NCC2CCCC(O)C2)cc1Br. The van der Waals surface area contributed by atoms with Crippen molar-refractivity contribution >= 4 is 27.5 Å². The number of nitrogens with one attached hydrogen (secondary N) is 1. The summed E-state index contributed by atoms with van der Waals surface area (Å²) in [6.45, 7) is 0.623. The van der Waals surface area contributed by atoms with Gasteiger partial charge in [0, 0.05) is 22.3 Å². The Morgan fingerprint density at radius 3 is 2.95 bits per heavy atom. The summed E-state index contributed by atoms with van der Waals surface area (Å²) in [5.74, 6) is 0.283. The molecular formula is C14H19BrN2O2. The minimum atomic E-state index is -0.207. The van der Waals surface area contributed by atoms with Crippen molar-refractivity contribution in [3.8, 4) is 0 Å². The molecule has 0 saturated heterocycles. The van der Waals surface area contributed by atoms with Crippen molar-refractivity contribution in [1.29, 1.82) is 0 Å². The quantitative estimate of drug-likeness (QED) is 0.746. The van der Waals surface area contributed by atoms with Crippen LogP contribution in [0.15, 0.2) is 22.7 Å². The van der Waals surface area contributed by atoms with Crippen LogP contribution in [0.25, 0.3) is 0 Å². The minimum absolute atomic E-state index is 0.0965. The number of anilines is 1. The second-order valence-electron chi connectivity index (χ2n) is 5.13. The molecule has 1 aromatic rings. The van der Waals surface area contributed by atoms with Crippen LogP contribution in [0.5, 0.6) is 0 Å². The van der Waals surface area contributed by atoms with E-state index in [1.165, 1.54) is 0 Å². The molecular weight excluding hydrogens is 308 g/mol. The van der Waals surface area contributed by atoms with Crippen LogP contribution < -0.4 is 11.1 Å². The molecule has 1 amide bonds. The Labute approximate surface area is 121 Å². The highest BCUT2D eigenvalue weighted by Crippen LogP contribution is 2.24. The zero-order chi connectivity index (χ0) is 13.8. The highest BCUT2D eigenvalue weighted by Gasteiger charge is 2.20. The van der Waals surface area contributed by atoms with E-state index in [9.17, 15) is 9.90 Å². The average molecular weight is 327 g/mol. The summed E-state index contributed by atoms with van der Waals surface area (Å²) in [5, 5.41) is 12.5. The van der Waals surface area contributed by atoms with Crippen molar-refractivity contribution in [3.63, 3.8) is 0 Å². The van der Waals surface area contributed by atoms with Crippen LogP contribution in [0.3, 0.4) is 0 Å². The minimum Gasteiger partial charge on any atom is -0.398 e. The van der Waals surface area contributed by atoms with Gasteiger partial charge >= 0.3 is 0 Å². The highest BCUT2D eigenvalue weighted by atomic mass is 79.9. The summed E-state index contributed by atoms with van der Waals surface area (Å²) in [6.07, 6.45) is 3.57. The zero-order valence-corrected chi connectivity index (χ0v) is 12.3. The lowest BCUT2D eigenvalue weighted by atomic mass is 9.87. The van der Waals surface area contributed by atoms with E-state index in [1.807, 2.05) is 0 Å². The Hall–Kier alpha value is -1.07. The van der Waals surface area contributed by atoms with Gasteiger partial charge in [-0.1, -0.05) is 6.42 Å². The van der Waals surface area contributed by atoms with Gasteiger partial charge in [0.1, 0.15) is 0 Å². The van der Waals surface area contributed by atoms with Gasteiger partial charge in [-0.05, 0) is 59.3 Å². The summed E-state index contributed by atoms with van der Waals surface area (Å²) < 4.78 is 0.730. The second-order valence-corrected chi connectivity index (χ2v) is 5.99. The average Bonchev–Trinajstić information content (AvgIpc) is 2.39. The van der Waals surface area contributed by atoms with Crippen molar-refractivity contribution in [1.82, 2.24) is 5.32 Å². The number of rotatable bonds is 3. The number of carbonyl (C=O) groups is 1. The Morgan fingerprint density at radius 1 is 1.47 bits per heavy atom. The molecule has 1 saturated carbocycles. The predicted octanol–water partition coefficient (Wildman–Crippen LogP) is 2.31. The van der Waals surface area contributed by atoms with E-state index in [1.54, 1.807) is 18.2 Å². The van der Waals surface area contributed by atoms with E-state index < -0.39 is 0 Å². The molecule has 0 aromatic heterocycles. The molecule has 0 radical (unpaired) electrons. The lowest BCUT2D eigenvalue weighted by Crippen LogP contribution is -2.32. The molecule has 19 heavy (non-hydrogen) atoms. The molecule has 1 aliphatic carbocycles. The molecule has 1 aromatic carbocycles. The van der Waals surface area contributed by atoms with Crippen LogP contribution >= 0.6 is 15.9 Å². The number of aliphatic hydroxyl groups is 1. The first kappa shape index (κ1) is 14.3. The number of nitrogen functional groups attached to an aromatic ring is 1. The van der Waals surface area contributed by atoms with Crippen molar-refractivity contribution in [2.45, 2.75) is 31.8 Å². The molecule has 2 atom stereocenters. The number of carbonyl (C=O) groups excluding carboxylic acids is 1. The molecule has 0 spiro atoms. The molecule has 104 valence electrons.